The van der Waals surface area contributed by atoms with Crippen LogP contribution in [-0.4, -0.2) is 35.9 Å². The number of rotatable bonds is 9. The van der Waals surface area contributed by atoms with Crippen LogP contribution in [0.25, 0.3) is 10.9 Å². The van der Waals surface area contributed by atoms with E-state index in [0.717, 1.165) is 52.6 Å². The van der Waals surface area contributed by atoms with Crippen LogP contribution in [0.2, 0.25) is 10.0 Å². The van der Waals surface area contributed by atoms with Gasteiger partial charge < -0.3 is 15.4 Å². The fourth-order valence-electron chi connectivity index (χ4n) is 2.69. The van der Waals surface area contributed by atoms with E-state index in [1.54, 1.807) is 18.9 Å². The van der Waals surface area contributed by atoms with Crippen LogP contribution in [0.1, 0.15) is 12.5 Å². The Morgan fingerprint density at radius 2 is 1.86 bits per heavy atom. The van der Waals surface area contributed by atoms with Crippen molar-refractivity contribution in [2.24, 2.45) is 0 Å². The first-order valence-electron chi connectivity index (χ1n) is 8.96. The Morgan fingerprint density at radius 1 is 1.07 bits per heavy atom. The second-order valence-electron chi connectivity index (χ2n) is 5.99. The molecule has 0 amide bonds. The molecule has 0 saturated carbocycles. The normalized spacial score (nSPS) is 10.9. The van der Waals surface area contributed by atoms with Crippen molar-refractivity contribution < 1.29 is 4.74 Å². The lowest BCUT2D eigenvalue weighted by Crippen LogP contribution is -2.10. The Hall–Kier alpha value is -1.89. The summed E-state index contributed by atoms with van der Waals surface area (Å²) in [6, 6.07) is 11.4. The Bertz CT molecular complexity index is 935. The van der Waals surface area contributed by atoms with Crippen molar-refractivity contribution in [3.05, 3.63) is 52.0 Å². The lowest BCUT2D eigenvalue weighted by atomic mass is 10.2. The molecule has 0 aliphatic carbocycles. The van der Waals surface area contributed by atoms with Crippen molar-refractivity contribution in [2.45, 2.75) is 12.7 Å². The number of nitrogens with one attached hydrogen (secondary N) is 2. The van der Waals surface area contributed by atoms with E-state index in [1.807, 2.05) is 43.3 Å². The zero-order valence-electron chi connectivity index (χ0n) is 15.8. The van der Waals surface area contributed by atoms with Crippen molar-refractivity contribution in [1.82, 2.24) is 9.97 Å². The maximum atomic E-state index is 6.23. The number of methoxy groups -OCH3 is 1. The van der Waals surface area contributed by atoms with Gasteiger partial charge in [0.1, 0.15) is 11.6 Å². The van der Waals surface area contributed by atoms with Gasteiger partial charge in [-0.05, 0) is 42.8 Å². The molecule has 3 rings (SSSR count). The van der Waals surface area contributed by atoms with E-state index >= 15 is 0 Å². The van der Waals surface area contributed by atoms with Gasteiger partial charge in [0.15, 0.2) is 0 Å². The first-order chi connectivity index (χ1) is 13.6. The molecular formula is C20H22Cl2N4OS. The molecule has 8 heteroatoms. The van der Waals surface area contributed by atoms with Gasteiger partial charge in [-0.2, -0.15) is 16.7 Å². The molecule has 0 radical (unpaired) electrons. The number of nitrogens with zero attached hydrogens (tertiary/aromatic N) is 2. The average Bonchev–Trinajstić information content (AvgIpc) is 2.69. The van der Waals surface area contributed by atoms with Crippen molar-refractivity contribution >= 4 is 57.6 Å². The van der Waals surface area contributed by atoms with Crippen molar-refractivity contribution in [3.8, 4) is 5.75 Å². The SMILES string of the molecule is CCNc1nc(NCCSCc2c(Cl)cccc2Cl)c2cc(OC)ccc2n1. The van der Waals surface area contributed by atoms with Gasteiger partial charge in [0.25, 0.3) is 0 Å². The quantitative estimate of drug-likeness (QED) is 0.418. The fourth-order valence-corrected chi connectivity index (χ4v) is 4.29. The second kappa shape index (κ2) is 10.0. The molecule has 148 valence electrons. The molecule has 1 heterocycles. The van der Waals surface area contributed by atoms with Crippen LogP contribution in [0.4, 0.5) is 11.8 Å². The zero-order valence-corrected chi connectivity index (χ0v) is 18.1. The summed E-state index contributed by atoms with van der Waals surface area (Å²) < 4.78 is 5.34. The number of halogens is 2. The highest BCUT2D eigenvalue weighted by atomic mass is 35.5. The van der Waals surface area contributed by atoms with Gasteiger partial charge in [-0.15, -0.1) is 0 Å². The van der Waals surface area contributed by atoms with E-state index < -0.39 is 0 Å². The zero-order chi connectivity index (χ0) is 19.9. The Kier molecular flexibility index (Phi) is 7.48. The number of anilines is 2. The van der Waals surface area contributed by atoms with Gasteiger partial charge in [0.2, 0.25) is 5.95 Å². The lowest BCUT2D eigenvalue weighted by molar-refractivity contribution is 0.415. The minimum atomic E-state index is 0.609. The van der Waals surface area contributed by atoms with Crippen LogP contribution in [0.5, 0.6) is 5.75 Å². The van der Waals surface area contributed by atoms with Crippen molar-refractivity contribution in [1.29, 1.82) is 0 Å². The molecule has 0 bridgehead atoms. The highest BCUT2D eigenvalue weighted by Gasteiger charge is 2.09. The second-order valence-corrected chi connectivity index (χ2v) is 7.91. The molecule has 5 nitrogen and oxygen atoms in total. The lowest BCUT2D eigenvalue weighted by Gasteiger charge is -2.12. The third-order valence-corrected chi connectivity index (χ3v) is 5.78. The molecule has 0 saturated heterocycles. The predicted molar refractivity (Wildman–Crippen MR) is 121 cm³/mol. The number of ether oxygens (including phenoxy) is 1. The van der Waals surface area contributed by atoms with Gasteiger partial charge in [0.05, 0.1) is 12.6 Å². The molecule has 0 spiro atoms. The summed E-state index contributed by atoms with van der Waals surface area (Å²) in [5, 5.41) is 8.94. The third-order valence-electron chi connectivity index (χ3n) is 4.08. The number of hydrogen-bond acceptors (Lipinski definition) is 6. The van der Waals surface area contributed by atoms with Crippen LogP contribution in [0.15, 0.2) is 36.4 Å². The highest BCUT2D eigenvalue weighted by molar-refractivity contribution is 7.98. The van der Waals surface area contributed by atoms with E-state index in [0.29, 0.717) is 16.0 Å². The van der Waals surface area contributed by atoms with Gasteiger partial charge in [0, 0.05) is 40.0 Å². The van der Waals surface area contributed by atoms with Gasteiger partial charge in [-0.1, -0.05) is 29.3 Å². The first kappa shape index (κ1) is 20.8. The van der Waals surface area contributed by atoms with Crippen LogP contribution < -0.4 is 15.4 Å². The van der Waals surface area contributed by atoms with Crippen molar-refractivity contribution in [3.63, 3.8) is 0 Å². The molecule has 0 aliphatic rings. The topological polar surface area (TPSA) is 59.1 Å². The fraction of sp³-hybridized carbons (Fsp3) is 0.300. The smallest absolute Gasteiger partial charge is 0.225 e. The summed E-state index contributed by atoms with van der Waals surface area (Å²) in [5.74, 6) is 3.82. The highest BCUT2D eigenvalue weighted by Crippen LogP contribution is 2.29. The van der Waals surface area contributed by atoms with Crippen LogP contribution in [0, 0.1) is 0 Å². The minimum Gasteiger partial charge on any atom is -0.497 e. The van der Waals surface area contributed by atoms with Crippen LogP contribution in [0.3, 0.4) is 0 Å². The van der Waals surface area contributed by atoms with Crippen molar-refractivity contribution in [2.75, 3.05) is 36.6 Å². The number of fused-ring (bicyclic) bond motifs is 1. The minimum absolute atomic E-state index is 0.609. The van der Waals surface area contributed by atoms with E-state index in [4.69, 9.17) is 27.9 Å². The molecule has 0 unspecified atom stereocenters. The van der Waals surface area contributed by atoms with E-state index in [9.17, 15) is 0 Å². The molecule has 28 heavy (non-hydrogen) atoms. The molecule has 0 atom stereocenters. The molecule has 0 aliphatic heterocycles. The number of hydrogen-bond donors (Lipinski definition) is 2. The number of thioether (sulfide) groups is 1. The summed E-state index contributed by atoms with van der Waals surface area (Å²) in [5.41, 5.74) is 1.84. The van der Waals surface area contributed by atoms with Gasteiger partial charge >= 0.3 is 0 Å². The molecule has 1 aromatic heterocycles. The summed E-state index contributed by atoms with van der Waals surface area (Å²) in [7, 11) is 1.65. The molecule has 0 fully saturated rings. The molecule has 3 aromatic rings. The predicted octanol–water partition coefficient (Wildman–Crippen LogP) is 5.72. The van der Waals surface area contributed by atoms with E-state index in [2.05, 4.69) is 20.6 Å². The van der Waals surface area contributed by atoms with E-state index in [1.165, 1.54) is 0 Å². The summed E-state index contributed by atoms with van der Waals surface area (Å²) in [6.07, 6.45) is 0. The summed E-state index contributed by atoms with van der Waals surface area (Å²) in [4.78, 5) is 9.16. The first-order valence-corrected chi connectivity index (χ1v) is 10.9. The average molecular weight is 437 g/mol. The molecule has 2 aromatic carbocycles. The van der Waals surface area contributed by atoms with Crippen LogP contribution in [-0.2, 0) is 5.75 Å². The molecule has 2 N–H and O–H groups in total. The van der Waals surface area contributed by atoms with Gasteiger partial charge in [-0.3, -0.25) is 0 Å². The largest absolute Gasteiger partial charge is 0.497 e. The number of aromatic nitrogens is 2. The maximum absolute atomic E-state index is 6.23. The number of benzene rings is 2. The standard InChI is InChI=1S/C20H22Cl2N4OS/c1-3-23-20-25-18-8-7-13(27-2)11-14(18)19(26-20)24-9-10-28-12-15-16(21)5-4-6-17(15)22/h4-8,11H,3,9-10,12H2,1-2H3,(H2,23,24,25,26). The Labute approximate surface area is 179 Å². The maximum Gasteiger partial charge on any atom is 0.225 e. The Balaban J connectivity index is 1.67. The molecular weight excluding hydrogens is 415 g/mol. The monoisotopic (exact) mass is 436 g/mol. The third kappa shape index (κ3) is 5.13. The summed E-state index contributed by atoms with van der Waals surface area (Å²) >= 11 is 14.2. The Morgan fingerprint density at radius 3 is 2.57 bits per heavy atom. The van der Waals surface area contributed by atoms with E-state index in [-0.39, 0.29) is 0 Å². The van der Waals surface area contributed by atoms with Crippen LogP contribution >= 0.6 is 35.0 Å². The van der Waals surface area contributed by atoms with Gasteiger partial charge in [-0.25, -0.2) is 4.98 Å². The summed E-state index contributed by atoms with van der Waals surface area (Å²) in [6.45, 7) is 3.53.